The van der Waals surface area contributed by atoms with Crippen LogP contribution in [0, 0.1) is 0 Å². The Bertz CT molecular complexity index is 2370. The number of benzene rings is 6. The fraction of sp³-hybridized carbons (Fsp3) is 0.158. The van der Waals surface area contributed by atoms with E-state index in [1.54, 1.807) is 0 Å². The van der Waals surface area contributed by atoms with Crippen molar-refractivity contribution in [2.75, 3.05) is 0 Å². The molecule has 0 atom stereocenters. The standard InChI is InChI=1S/C22H21BO3.C16H9ClO/c1-21(2)22(3,4)26-23(25-21)15-10-11-17-19(13-15)24-18-12-9-14-7-5-6-8-16(14)20(17)18;17-11-6-7-13-15(9-11)18-14-8-5-10-3-1-2-4-12(10)16(13)14/h5-13H,1-4H3;1-9H. The zero-order valence-electron chi connectivity index (χ0n) is 25.0. The first-order valence-electron chi connectivity index (χ1n) is 14.9. The SMILES string of the molecule is CC1(C)OB(c2ccc3c(c2)oc2ccc4ccccc4c23)OC1(C)C.Clc1ccc2c(c1)oc1ccc3ccccc3c12. The Balaban J connectivity index is 0.000000140. The molecule has 1 saturated heterocycles. The van der Waals surface area contributed by atoms with Crippen LogP contribution in [0.4, 0.5) is 0 Å². The average molecular weight is 597 g/mol. The lowest BCUT2D eigenvalue weighted by atomic mass is 9.79. The van der Waals surface area contributed by atoms with Gasteiger partial charge in [-0.3, -0.25) is 0 Å². The summed E-state index contributed by atoms with van der Waals surface area (Å²) in [5.41, 5.74) is 3.81. The number of halogens is 1. The molecular weight excluding hydrogens is 567 g/mol. The third kappa shape index (κ3) is 4.30. The van der Waals surface area contributed by atoms with E-state index < -0.39 is 0 Å². The molecule has 8 aromatic rings. The average Bonchev–Trinajstić information content (AvgIpc) is 3.65. The van der Waals surface area contributed by atoms with Gasteiger partial charge in [0.25, 0.3) is 0 Å². The lowest BCUT2D eigenvalue weighted by Gasteiger charge is -2.32. The van der Waals surface area contributed by atoms with Crippen LogP contribution in [0.2, 0.25) is 5.02 Å². The Kier molecular flexibility index (Phi) is 6.12. The largest absolute Gasteiger partial charge is 0.494 e. The molecule has 0 N–H and O–H groups in total. The predicted molar refractivity (Wildman–Crippen MR) is 183 cm³/mol. The summed E-state index contributed by atoms with van der Waals surface area (Å²) in [5, 5.41) is 10.1. The Morgan fingerprint density at radius 2 is 1.00 bits per heavy atom. The monoisotopic (exact) mass is 596 g/mol. The van der Waals surface area contributed by atoms with Crippen molar-refractivity contribution in [1.82, 2.24) is 0 Å². The molecule has 0 aliphatic carbocycles. The number of fused-ring (bicyclic) bond motifs is 10. The van der Waals surface area contributed by atoms with E-state index in [0.717, 1.165) is 38.6 Å². The Morgan fingerprint density at radius 1 is 0.500 bits per heavy atom. The molecule has 0 bridgehead atoms. The Labute approximate surface area is 260 Å². The van der Waals surface area contributed by atoms with Gasteiger partial charge in [0.1, 0.15) is 22.3 Å². The molecule has 6 heteroatoms. The van der Waals surface area contributed by atoms with E-state index in [1.165, 1.54) is 32.3 Å². The quantitative estimate of drug-likeness (QED) is 0.177. The van der Waals surface area contributed by atoms with Crippen molar-refractivity contribution < 1.29 is 18.1 Å². The first kappa shape index (κ1) is 27.3. The van der Waals surface area contributed by atoms with Crippen molar-refractivity contribution in [2.24, 2.45) is 0 Å². The fourth-order valence-corrected chi connectivity index (χ4v) is 6.37. The Hall–Kier alpha value is -4.29. The maximum absolute atomic E-state index is 6.18. The number of rotatable bonds is 1. The number of furan rings is 2. The third-order valence-corrected chi connectivity index (χ3v) is 9.47. The lowest BCUT2D eigenvalue weighted by molar-refractivity contribution is 0.00578. The topological polar surface area (TPSA) is 44.7 Å². The highest BCUT2D eigenvalue weighted by atomic mass is 35.5. The molecule has 2 aromatic heterocycles. The highest BCUT2D eigenvalue weighted by Gasteiger charge is 2.51. The molecule has 3 heterocycles. The molecule has 4 nitrogen and oxygen atoms in total. The van der Waals surface area contributed by atoms with E-state index in [1.807, 2.05) is 42.5 Å². The second-order valence-electron chi connectivity index (χ2n) is 12.5. The normalized spacial score (nSPS) is 16.0. The molecule has 0 spiro atoms. The molecule has 44 heavy (non-hydrogen) atoms. The van der Waals surface area contributed by atoms with Crippen molar-refractivity contribution >= 4 is 89.6 Å². The van der Waals surface area contributed by atoms with Crippen LogP contribution in [-0.2, 0) is 9.31 Å². The van der Waals surface area contributed by atoms with E-state index in [0.29, 0.717) is 5.02 Å². The smallest absolute Gasteiger partial charge is 0.456 e. The maximum Gasteiger partial charge on any atom is 0.494 e. The summed E-state index contributed by atoms with van der Waals surface area (Å²) in [7, 11) is -0.380. The highest BCUT2D eigenvalue weighted by Crippen LogP contribution is 2.38. The van der Waals surface area contributed by atoms with Crippen molar-refractivity contribution in [3.8, 4) is 0 Å². The highest BCUT2D eigenvalue weighted by molar-refractivity contribution is 6.62. The first-order valence-corrected chi connectivity index (χ1v) is 15.3. The fourth-order valence-electron chi connectivity index (χ4n) is 6.21. The van der Waals surface area contributed by atoms with Gasteiger partial charge in [0, 0.05) is 32.6 Å². The van der Waals surface area contributed by atoms with Crippen LogP contribution >= 0.6 is 11.6 Å². The van der Waals surface area contributed by atoms with E-state index in [-0.39, 0.29) is 18.3 Å². The second kappa shape index (κ2) is 9.86. The molecule has 9 rings (SSSR count). The lowest BCUT2D eigenvalue weighted by Crippen LogP contribution is -2.41. The van der Waals surface area contributed by atoms with Gasteiger partial charge in [-0.05, 0) is 85.0 Å². The van der Waals surface area contributed by atoms with E-state index in [4.69, 9.17) is 29.7 Å². The molecular formula is C38H30BClO4. The summed E-state index contributed by atoms with van der Waals surface area (Å²) in [6.07, 6.45) is 0. The van der Waals surface area contributed by atoms with Gasteiger partial charge in [0.2, 0.25) is 0 Å². The van der Waals surface area contributed by atoms with Crippen LogP contribution < -0.4 is 5.46 Å². The van der Waals surface area contributed by atoms with Gasteiger partial charge >= 0.3 is 7.12 Å². The minimum absolute atomic E-state index is 0.350. The van der Waals surface area contributed by atoms with Crippen LogP contribution in [0.5, 0.6) is 0 Å². The predicted octanol–water partition coefficient (Wildman–Crippen LogP) is 10.4. The molecule has 1 aliphatic rings. The van der Waals surface area contributed by atoms with Gasteiger partial charge in [-0.2, -0.15) is 0 Å². The van der Waals surface area contributed by atoms with Crippen LogP contribution in [0.25, 0.3) is 65.4 Å². The minimum atomic E-state index is -0.380. The van der Waals surface area contributed by atoms with Crippen molar-refractivity contribution in [2.45, 2.75) is 38.9 Å². The van der Waals surface area contributed by atoms with Gasteiger partial charge in [0.05, 0.1) is 11.2 Å². The van der Waals surface area contributed by atoms with Crippen LogP contribution in [-0.4, -0.2) is 18.3 Å². The third-order valence-electron chi connectivity index (χ3n) is 9.23. The summed E-state index contributed by atoms with van der Waals surface area (Å²) >= 11 is 6.00. The second-order valence-corrected chi connectivity index (χ2v) is 12.9. The van der Waals surface area contributed by atoms with Crippen LogP contribution in [0.1, 0.15) is 27.7 Å². The van der Waals surface area contributed by atoms with Crippen molar-refractivity contribution in [3.05, 3.63) is 114 Å². The van der Waals surface area contributed by atoms with Crippen LogP contribution in [0.15, 0.2) is 118 Å². The molecule has 1 fully saturated rings. The molecule has 0 unspecified atom stereocenters. The van der Waals surface area contributed by atoms with Crippen molar-refractivity contribution in [1.29, 1.82) is 0 Å². The minimum Gasteiger partial charge on any atom is -0.456 e. The van der Waals surface area contributed by atoms with Crippen LogP contribution in [0.3, 0.4) is 0 Å². The molecule has 1 aliphatic heterocycles. The molecule has 6 aromatic carbocycles. The van der Waals surface area contributed by atoms with Gasteiger partial charge in [-0.15, -0.1) is 0 Å². The summed E-state index contributed by atoms with van der Waals surface area (Å²) in [6.45, 7) is 8.27. The molecule has 0 radical (unpaired) electrons. The summed E-state index contributed by atoms with van der Waals surface area (Å²) in [5.74, 6) is 0. The summed E-state index contributed by atoms with van der Waals surface area (Å²) in [6, 6.07) is 37.1. The van der Waals surface area contributed by atoms with E-state index in [9.17, 15) is 0 Å². The van der Waals surface area contributed by atoms with Gasteiger partial charge in [-0.1, -0.05) is 84.4 Å². The maximum atomic E-state index is 6.18. The molecule has 0 saturated carbocycles. The zero-order valence-corrected chi connectivity index (χ0v) is 25.7. The number of hydrogen-bond acceptors (Lipinski definition) is 4. The van der Waals surface area contributed by atoms with Gasteiger partial charge in [0.15, 0.2) is 0 Å². The van der Waals surface area contributed by atoms with E-state index in [2.05, 4.69) is 94.4 Å². The molecule has 216 valence electrons. The van der Waals surface area contributed by atoms with Gasteiger partial charge < -0.3 is 18.1 Å². The summed E-state index contributed by atoms with van der Waals surface area (Å²) < 4.78 is 24.4. The summed E-state index contributed by atoms with van der Waals surface area (Å²) in [4.78, 5) is 0. The van der Waals surface area contributed by atoms with E-state index >= 15 is 0 Å². The zero-order chi connectivity index (χ0) is 30.2. The Morgan fingerprint density at radius 3 is 1.57 bits per heavy atom. The first-order chi connectivity index (χ1) is 21.2. The number of hydrogen-bond donors (Lipinski definition) is 0. The van der Waals surface area contributed by atoms with Gasteiger partial charge in [-0.25, -0.2) is 0 Å². The molecule has 0 amide bonds. The van der Waals surface area contributed by atoms with Crippen molar-refractivity contribution in [3.63, 3.8) is 0 Å².